The van der Waals surface area contributed by atoms with E-state index in [4.69, 9.17) is 0 Å². The van der Waals surface area contributed by atoms with Crippen molar-refractivity contribution in [2.45, 2.75) is 118 Å². The van der Waals surface area contributed by atoms with Crippen molar-refractivity contribution in [3.63, 3.8) is 0 Å². The lowest BCUT2D eigenvalue weighted by Crippen LogP contribution is -2.53. The van der Waals surface area contributed by atoms with Gasteiger partial charge in [0.25, 0.3) is 0 Å². The van der Waals surface area contributed by atoms with Gasteiger partial charge in [-0.3, -0.25) is 0 Å². The van der Waals surface area contributed by atoms with E-state index < -0.39 is 0 Å². The lowest BCUT2D eigenvalue weighted by molar-refractivity contribution is -0.107. The zero-order valence-corrected chi connectivity index (χ0v) is 22.0. The minimum Gasteiger partial charge on any atom is -0.0654 e. The average molecular weight is 439 g/mol. The van der Waals surface area contributed by atoms with Crippen molar-refractivity contribution >= 4 is 0 Å². The molecule has 14 unspecified atom stereocenters. The highest BCUT2D eigenvalue weighted by Gasteiger charge is 2.62. The summed E-state index contributed by atoms with van der Waals surface area (Å²) in [7, 11) is 0. The van der Waals surface area contributed by atoms with Crippen LogP contribution in [0.3, 0.4) is 0 Å². The molecule has 0 amide bonds. The Morgan fingerprint density at radius 3 is 1.69 bits per heavy atom. The number of hydrogen-bond donors (Lipinski definition) is 0. The third kappa shape index (κ3) is 3.41. The van der Waals surface area contributed by atoms with Crippen LogP contribution in [0.1, 0.15) is 118 Å². The highest BCUT2D eigenvalue weighted by molar-refractivity contribution is 5.10. The van der Waals surface area contributed by atoms with Crippen LogP contribution in [0.2, 0.25) is 0 Å². The molecule has 6 saturated carbocycles. The molecular formula is C32H54. The Labute approximate surface area is 200 Å². The van der Waals surface area contributed by atoms with E-state index in [2.05, 4.69) is 27.7 Å². The van der Waals surface area contributed by atoms with Gasteiger partial charge in [0.1, 0.15) is 0 Å². The number of hydrogen-bond acceptors (Lipinski definition) is 0. The molecule has 6 fully saturated rings. The molecule has 0 spiro atoms. The van der Waals surface area contributed by atoms with Gasteiger partial charge in [-0.15, -0.1) is 0 Å². The van der Waals surface area contributed by atoms with Crippen LogP contribution in [0.25, 0.3) is 0 Å². The van der Waals surface area contributed by atoms with E-state index in [1.165, 1.54) is 19.3 Å². The summed E-state index contributed by atoms with van der Waals surface area (Å²) in [4.78, 5) is 0. The van der Waals surface area contributed by atoms with Crippen molar-refractivity contribution in [2.75, 3.05) is 0 Å². The zero-order chi connectivity index (χ0) is 22.0. The first-order valence-electron chi connectivity index (χ1n) is 15.6. The second-order valence-corrected chi connectivity index (χ2v) is 14.3. The number of rotatable bonds is 3. The summed E-state index contributed by atoms with van der Waals surface area (Å²) in [6.07, 6.45) is 22.0. The van der Waals surface area contributed by atoms with E-state index in [0.717, 1.165) is 82.9 Å². The summed E-state index contributed by atoms with van der Waals surface area (Å²) in [5.41, 5.74) is 0. The second kappa shape index (κ2) is 8.90. The first kappa shape index (κ1) is 22.5. The van der Waals surface area contributed by atoms with E-state index in [1.807, 2.05) is 0 Å². The molecule has 0 bridgehead atoms. The van der Waals surface area contributed by atoms with Crippen LogP contribution in [0.5, 0.6) is 0 Å². The fourth-order valence-electron chi connectivity index (χ4n) is 12.7. The van der Waals surface area contributed by atoms with Gasteiger partial charge in [0.2, 0.25) is 0 Å². The Hall–Kier alpha value is 0. The average Bonchev–Trinajstić information content (AvgIpc) is 3.11. The third-order valence-electron chi connectivity index (χ3n) is 13.1. The summed E-state index contributed by atoms with van der Waals surface area (Å²) in [5.74, 6) is 15.2. The molecule has 0 heteroatoms. The highest BCUT2D eigenvalue weighted by atomic mass is 14.7. The Morgan fingerprint density at radius 1 is 0.500 bits per heavy atom. The fraction of sp³-hybridized carbons (Fsp3) is 1.00. The second-order valence-electron chi connectivity index (χ2n) is 14.3. The molecule has 6 aliphatic rings. The summed E-state index contributed by atoms with van der Waals surface area (Å²) in [5, 5.41) is 0. The molecule has 6 rings (SSSR count). The van der Waals surface area contributed by atoms with Crippen molar-refractivity contribution in [1.82, 2.24) is 0 Å². The minimum absolute atomic E-state index is 1.00. The van der Waals surface area contributed by atoms with E-state index in [-0.39, 0.29) is 0 Å². The van der Waals surface area contributed by atoms with Crippen molar-refractivity contribution in [2.24, 2.45) is 82.9 Å². The molecule has 32 heavy (non-hydrogen) atoms. The molecule has 0 radical (unpaired) electrons. The van der Waals surface area contributed by atoms with Gasteiger partial charge in [-0.25, -0.2) is 0 Å². The van der Waals surface area contributed by atoms with Crippen LogP contribution in [0.4, 0.5) is 0 Å². The largest absolute Gasteiger partial charge is 0.0654 e. The molecule has 0 N–H and O–H groups in total. The lowest BCUT2D eigenvalue weighted by Gasteiger charge is -2.59. The Morgan fingerprint density at radius 2 is 1.06 bits per heavy atom. The lowest BCUT2D eigenvalue weighted by atomic mass is 9.46. The van der Waals surface area contributed by atoms with Crippen molar-refractivity contribution in [3.05, 3.63) is 0 Å². The van der Waals surface area contributed by atoms with Crippen LogP contribution in [0.15, 0.2) is 0 Å². The molecule has 0 aliphatic heterocycles. The van der Waals surface area contributed by atoms with Gasteiger partial charge in [0.15, 0.2) is 0 Å². The van der Waals surface area contributed by atoms with Crippen LogP contribution >= 0.6 is 0 Å². The maximum absolute atomic E-state index is 2.75. The monoisotopic (exact) mass is 438 g/mol. The minimum atomic E-state index is 1.00. The van der Waals surface area contributed by atoms with Crippen LogP contribution in [0, 0.1) is 82.9 Å². The van der Waals surface area contributed by atoms with E-state index in [9.17, 15) is 0 Å². The van der Waals surface area contributed by atoms with Crippen molar-refractivity contribution in [1.29, 1.82) is 0 Å². The molecule has 0 saturated heterocycles. The Balaban J connectivity index is 1.50. The van der Waals surface area contributed by atoms with Gasteiger partial charge in [0.05, 0.1) is 0 Å². The van der Waals surface area contributed by atoms with Gasteiger partial charge in [-0.05, 0) is 115 Å². The van der Waals surface area contributed by atoms with Crippen LogP contribution in [-0.2, 0) is 0 Å². The van der Waals surface area contributed by atoms with Crippen LogP contribution < -0.4 is 0 Å². The fourth-order valence-corrected chi connectivity index (χ4v) is 12.7. The predicted molar refractivity (Wildman–Crippen MR) is 136 cm³/mol. The normalized spacial score (nSPS) is 57.0. The molecule has 0 heterocycles. The third-order valence-corrected chi connectivity index (χ3v) is 13.1. The topological polar surface area (TPSA) is 0 Å². The van der Waals surface area contributed by atoms with Gasteiger partial charge < -0.3 is 0 Å². The molecule has 0 aromatic carbocycles. The maximum Gasteiger partial charge on any atom is -0.0313 e. The molecule has 182 valence electrons. The summed E-state index contributed by atoms with van der Waals surface area (Å²) in [6, 6.07) is 0. The summed E-state index contributed by atoms with van der Waals surface area (Å²) in [6.45, 7) is 10.5. The molecular weight excluding hydrogens is 384 g/mol. The van der Waals surface area contributed by atoms with Gasteiger partial charge in [0, 0.05) is 0 Å². The predicted octanol–water partition coefficient (Wildman–Crippen LogP) is 9.24. The van der Waals surface area contributed by atoms with Gasteiger partial charge in [-0.1, -0.05) is 85.5 Å². The maximum atomic E-state index is 2.75. The Kier molecular flexibility index (Phi) is 6.25. The molecule has 0 nitrogen and oxygen atoms in total. The standard InChI is InChI=1S/C32H54/c1-5-9-22-14-15-26-18-25-13-7-10-21(6-2)27-19(3)16-23-11-8-12-24-17-20(4)28(22)31(26)32(29(23)24)30(25)27/h19-32H,5-18H2,1-4H3. The summed E-state index contributed by atoms with van der Waals surface area (Å²) >= 11 is 0. The molecule has 0 aromatic rings. The van der Waals surface area contributed by atoms with E-state index >= 15 is 0 Å². The first-order chi connectivity index (χ1) is 15.6. The van der Waals surface area contributed by atoms with Gasteiger partial charge >= 0.3 is 0 Å². The highest BCUT2D eigenvalue weighted by Crippen LogP contribution is 2.68. The van der Waals surface area contributed by atoms with Gasteiger partial charge in [-0.2, -0.15) is 0 Å². The zero-order valence-electron chi connectivity index (χ0n) is 22.0. The van der Waals surface area contributed by atoms with Crippen molar-refractivity contribution in [3.8, 4) is 0 Å². The van der Waals surface area contributed by atoms with Crippen LogP contribution in [-0.4, -0.2) is 0 Å². The Bertz CT molecular complexity index is 650. The smallest absolute Gasteiger partial charge is 0.0313 e. The summed E-state index contributed by atoms with van der Waals surface area (Å²) < 4.78 is 0. The quantitative estimate of drug-likeness (QED) is 0.412. The SMILES string of the molecule is CCCC1CCC2CC3CCCC(CC)C4C(C)CC5CCCC6CC(C)C1C2C(C56)C34. The van der Waals surface area contributed by atoms with E-state index in [0.29, 0.717) is 0 Å². The molecule has 0 aromatic heterocycles. The molecule has 6 aliphatic carbocycles. The van der Waals surface area contributed by atoms with Crippen molar-refractivity contribution < 1.29 is 0 Å². The van der Waals surface area contributed by atoms with E-state index in [1.54, 1.807) is 70.6 Å². The molecule has 14 atom stereocenters. The first-order valence-corrected chi connectivity index (χ1v) is 15.6.